The van der Waals surface area contributed by atoms with E-state index >= 15 is 0 Å². The zero-order valence-corrected chi connectivity index (χ0v) is 16.4. The van der Waals surface area contributed by atoms with Crippen LogP contribution in [0.4, 0.5) is 0 Å². The van der Waals surface area contributed by atoms with E-state index in [9.17, 15) is 4.79 Å². The maximum absolute atomic E-state index is 12.9. The van der Waals surface area contributed by atoms with Crippen molar-refractivity contribution in [2.75, 3.05) is 27.2 Å². The minimum absolute atomic E-state index is 0.100. The molecule has 0 N–H and O–H groups in total. The molecule has 1 saturated heterocycles. The third-order valence-electron chi connectivity index (χ3n) is 4.35. The van der Waals surface area contributed by atoms with Gasteiger partial charge in [-0.05, 0) is 43.8 Å². The molecule has 0 aromatic heterocycles. The van der Waals surface area contributed by atoms with Crippen molar-refractivity contribution in [3.05, 3.63) is 58.6 Å². The van der Waals surface area contributed by atoms with Gasteiger partial charge in [0, 0.05) is 23.1 Å². The molecule has 1 aliphatic heterocycles. The minimum atomic E-state index is -0.843. The molecule has 0 saturated carbocycles. The average molecular weight is 420 g/mol. The van der Waals surface area contributed by atoms with Gasteiger partial charge in [-0.25, -0.2) is 4.79 Å². The molecule has 0 spiro atoms. The number of ether oxygens (including phenoxy) is 3. The van der Waals surface area contributed by atoms with Crippen LogP contribution in [0.2, 0.25) is 0 Å². The number of esters is 1. The van der Waals surface area contributed by atoms with Crippen LogP contribution in [0, 0.1) is 0 Å². The van der Waals surface area contributed by atoms with E-state index in [1.54, 1.807) is 31.4 Å². The van der Waals surface area contributed by atoms with Gasteiger partial charge in [-0.1, -0.05) is 34.1 Å². The molecular formula is C20H22BrNO4. The molecule has 1 aliphatic rings. The van der Waals surface area contributed by atoms with E-state index in [0.29, 0.717) is 5.75 Å². The van der Waals surface area contributed by atoms with Crippen LogP contribution in [0.15, 0.2) is 53.0 Å². The molecule has 0 radical (unpaired) electrons. The quantitative estimate of drug-likeness (QED) is 0.665. The number of carbonyl (C=O) groups excluding carboxylic acids is 1. The number of likely N-dealkylation sites (tertiary alicyclic amines) is 1. The third kappa shape index (κ3) is 4.56. The summed E-state index contributed by atoms with van der Waals surface area (Å²) in [7, 11) is 3.63. The fourth-order valence-corrected chi connectivity index (χ4v) is 3.43. The molecule has 2 aromatic rings. The molecule has 6 heteroatoms. The number of rotatable bonds is 6. The summed E-state index contributed by atoms with van der Waals surface area (Å²) < 4.78 is 17.7. The molecule has 0 aliphatic carbocycles. The van der Waals surface area contributed by atoms with Crippen molar-refractivity contribution < 1.29 is 19.0 Å². The lowest BCUT2D eigenvalue weighted by Crippen LogP contribution is -2.28. The molecule has 2 atom stereocenters. The highest BCUT2D eigenvalue weighted by Crippen LogP contribution is 2.30. The molecular weight excluding hydrogens is 398 g/mol. The van der Waals surface area contributed by atoms with Crippen LogP contribution in [-0.2, 0) is 9.53 Å². The normalized spacial score (nSPS) is 18.3. The van der Waals surface area contributed by atoms with Gasteiger partial charge < -0.3 is 19.1 Å². The van der Waals surface area contributed by atoms with E-state index in [1.807, 2.05) is 31.3 Å². The number of methoxy groups -OCH3 is 1. The van der Waals surface area contributed by atoms with Crippen molar-refractivity contribution in [1.82, 2.24) is 4.90 Å². The number of benzene rings is 2. The van der Waals surface area contributed by atoms with Gasteiger partial charge in [0.1, 0.15) is 17.6 Å². The lowest BCUT2D eigenvalue weighted by atomic mass is 10.1. The van der Waals surface area contributed by atoms with Crippen molar-refractivity contribution in [2.24, 2.45) is 0 Å². The van der Waals surface area contributed by atoms with Crippen LogP contribution in [0.3, 0.4) is 0 Å². The second-order valence-corrected chi connectivity index (χ2v) is 7.16. The fraction of sp³-hybridized carbons (Fsp3) is 0.350. The van der Waals surface area contributed by atoms with Gasteiger partial charge in [0.15, 0.2) is 0 Å². The molecule has 1 unspecified atom stereocenters. The van der Waals surface area contributed by atoms with Crippen molar-refractivity contribution in [2.45, 2.75) is 18.6 Å². The Balaban J connectivity index is 1.81. The van der Waals surface area contributed by atoms with Crippen molar-refractivity contribution >= 4 is 21.9 Å². The highest BCUT2D eigenvalue weighted by molar-refractivity contribution is 9.10. The Morgan fingerprint density at radius 2 is 1.85 bits per heavy atom. The molecule has 26 heavy (non-hydrogen) atoms. The second-order valence-electron chi connectivity index (χ2n) is 6.30. The van der Waals surface area contributed by atoms with Crippen molar-refractivity contribution in [3.8, 4) is 11.5 Å². The number of halogens is 1. The zero-order valence-electron chi connectivity index (χ0n) is 14.9. The Kier molecular flexibility index (Phi) is 6.16. The van der Waals surface area contributed by atoms with E-state index in [0.717, 1.165) is 35.3 Å². The number of carbonyl (C=O) groups is 1. The highest BCUT2D eigenvalue weighted by Gasteiger charge is 2.31. The summed E-state index contributed by atoms with van der Waals surface area (Å²) in [5.41, 5.74) is 0.736. The maximum atomic E-state index is 12.9. The first-order valence-electron chi connectivity index (χ1n) is 8.51. The predicted molar refractivity (Wildman–Crippen MR) is 102 cm³/mol. The lowest BCUT2D eigenvalue weighted by molar-refractivity contribution is -0.157. The van der Waals surface area contributed by atoms with Gasteiger partial charge in [0.25, 0.3) is 0 Å². The van der Waals surface area contributed by atoms with Gasteiger partial charge in [-0.15, -0.1) is 0 Å². The summed E-state index contributed by atoms with van der Waals surface area (Å²) >= 11 is 3.51. The lowest BCUT2D eigenvalue weighted by Gasteiger charge is -2.22. The highest BCUT2D eigenvalue weighted by atomic mass is 79.9. The first-order valence-corrected chi connectivity index (χ1v) is 9.30. The number of hydrogen-bond donors (Lipinski definition) is 0. The molecule has 0 bridgehead atoms. The Bertz CT molecular complexity index is 750. The Hall–Kier alpha value is -2.05. The summed E-state index contributed by atoms with van der Waals surface area (Å²) in [4.78, 5) is 15.0. The molecule has 3 rings (SSSR count). The third-order valence-corrected chi connectivity index (χ3v) is 5.07. The van der Waals surface area contributed by atoms with Crippen LogP contribution in [0.1, 0.15) is 18.1 Å². The van der Waals surface area contributed by atoms with Crippen molar-refractivity contribution in [3.63, 3.8) is 0 Å². The predicted octanol–water partition coefficient (Wildman–Crippen LogP) is 3.83. The minimum Gasteiger partial charge on any atom is -0.497 e. The maximum Gasteiger partial charge on any atom is 0.352 e. The largest absolute Gasteiger partial charge is 0.497 e. The molecule has 2 aromatic carbocycles. The molecule has 0 amide bonds. The smallest absolute Gasteiger partial charge is 0.352 e. The Labute approximate surface area is 162 Å². The monoisotopic (exact) mass is 419 g/mol. The second kappa shape index (κ2) is 8.56. The summed E-state index contributed by atoms with van der Waals surface area (Å²) in [6.07, 6.45) is -0.102. The number of likely N-dealkylation sites (N-methyl/N-ethyl adjacent to an activating group) is 1. The van der Waals surface area contributed by atoms with Crippen molar-refractivity contribution in [1.29, 1.82) is 0 Å². The van der Waals surface area contributed by atoms with Gasteiger partial charge in [-0.2, -0.15) is 0 Å². The summed E-state index contributed by atoms with van der Waals surface area (Å²) in [5, 5.41) is 0. The molecule has 1 heterocycles. The van der Waals surface area contributed by atoms with Crippen LogP contribution in [0.5, 0.6) is 11.5 Å². The van der Waals surface area contributed by atoms with E-state index < -0.39 is 6.10 Å². The van der Waals surface area contributed by atoms with Gasteiger partial charge in [-0.3, -0.25) is 0 Å². The number of hydrogen-bond acceptors (Lipinski definition) is 5. The fourth-order valence-electron chi connectivity index (χ4n) is 2.93. The first kappa shape index (κ1) is 18.7. The number of nitrogens with zero attached hydrogens (tertiary/aromatic N) is 1. The molecule has 138 valence electrons. The first-order chi connectivity index (χ1) is 12.6. The zero-order chi connectivity index (χ0) is 18.5. The van der Waals surface area contributed by atoms with E-state index in [1.165, 1.54) is 0 Å². The molecule has 1 fully saturated rings. The topological polar surface area (TPSA) is 48.0 Å². The molecule has 5 nitrogen and oxygen atoms in total. The van der Waals surface area contributed by atoms with Crippen LogP contribution < -0.4 is 9.47 Å². The van der Waals surface area contributed by atoms with Crippen LogP contribution >= 0.6 is 15.9 Å². The van der Waals surface area contributed by atoms with E-state index in [-0.39, 0.29) is 12.1 Å². The van der Waals surface area contributed by atoms with Gasteiger partial charge in [0.05, 0.1) is 7.11 Å². The summed E-state index contributed by atoms with van der Waals surface area (Å²) in [6.45, 7) is 1.67. The van der Waals surface area contributed by atoms with Gasteiger partial charge in [0.2, 0.25) is 6.10 Å². The summed E-state index contributed by atoms with van der Waals surface area (Å²) in [5.74, 6) is 0.923. The Morgan fingerprint density at radius 3 is 2.46 bits per heavy atom. The van der Waals surface area contributed by atoms with Crippen LogP contribution in [0.25, 0.3) is 0 Å². The summed E-state index contributed by atoms with van der Waals surface area (Å²) in [6, 6.07) is 14.7. The van der Waals surface area contributed by atoms with Gasteiger partial charge >= 0.3 is 5.97 Å². The standard InChI is InChI=1S/C20H22BrNO4/c1-22-12-11-16(13-22)26-20(23)19(17-5-3-4-6-18(17)21)25-15-9-7-14(24-2)8-10-15/h3-10,16,19H,11-13H2,1-2H3/t16-,19?/m1/s1. The Morgan fingerprint density at radius 1 is 1.15 bits per heavy atom. The van der Waals surface area contributed by atoms with E-state index in [4.69, 9.17) is 14.2 Å². The average Bonchev–Trinajstić information content (AvgIpc) is 3.05. The van der Waals surface area contributed by atoms with E-state index in [2.05, 4.69) is 20.8 Å². The SMILES string of the molecule is COc1ccc(OC(C(=O)O[C@@H]2CCN(C)C2)c2ccccc2Br)cc1. The van der Waals surface area contributed by atoms with Crippen LogP contribution in [-0.4, -0.2) is 44.2 Å².